The summed E-state index contributed by atoms with van der Waals surface area (Å²) < 4.78 is 30.2. The quantitative estimate of drug-likeness (QED) is 0.491. The molecule has 32 heavy (non-hydrogen) atoms. The van der Waals surface area contributed by atoms with Gasteiger partial charge in [0.25, 0.3) is 0 Å². The topological polar surface area (TPSA) is 50.1 Å². The first-order valence-electron chi connectivity index (χ1n) is 10.7. The third-order valence-electron chi connectivity index (χ3n) is 6.69. The number of aromatic nitrogens is 4. The molecule has 2 saturated heterocycles. The summed E-state index contributed by atoms with van der Waals surface area (Å²) in [6.07, 6.45) is 4.50. The molecule has 6 rings (SSSR count). The lowest BCUT2D eigenvalue weighted by Gasteiger charge is -2.33. The molecule has 6 nitrogen and oxygen atoms in total. The van der Waals surface area contributed by atoms with Crippen LogP contribution in [0, 0.1) is 18.6 Å². The van der Waals surface area contributed by atoms with Gasteiger partial charge in [0.1, 0.15) is 28.8 Å². The zero-order chi connectivity index (χ0) is 22.0. The Kier molecular flexibility index (Phi) is 4.26. The minimum Gasteiger partial charge on any atom is -0.351 e. The van der Waals surface area contributed by atoms with Crippen LogP contribution in [-0.4, -0.2) is 56.6 Å². The Morgan fingerprint density at radius 1 is 0.969 bits per heavy atom. The summed E-state index contributed by atoms with van der Waals surface area (Å²) in [6, 6.07) is 10.3. The van der Waals surface area contributed by atoms with Crippen LogP contribution in [0.4, 0.5) is 14.6 Å². The lowest BCUT2D eigenvalue weighted by Crippen LogP contribution is -2.44. The van der Waals surface area contributed by atoms with Gasteiger partial charge in [0.2, 0.25) is 0 Å². The highest BCUT2D eigenvalue weighted by molar-refractivity contribution is 5.84. The van der Waals surface area contributed by atoms with Crippen molar-refractivity contribution < 1.29 is 8.78 Å². The maximum Gasteiger partial charge on any atom is 0.167 e. The van der Waals surface area contributed by atoms with E-state index in [1.54, 1.807) is 12.4 Å². The normalized spacial score (nSPS) is 20.6. The molecule has 8 heteroatoms. The maximum absolute atomic E-state index is 14.8. The predicted molar refractivity (Wildman–Crippen MR) is 119 cm³/mol. The fourth-order valence-corrected chi connectivity index (χ4v) is 5.07. The van der Waals surface area contributed by atoms with Crippen LogP contribution in [0.25, 0.3) is 28.2 Å². The Bertz CT molecular complexity index is 1330. The molecule has 0 aliphatic carbocycles. The summed E-state index contributed by atoms with van der Waals surface area (Å²) in [6.45, 7) is 3.98. The van der Waals surface area contributed by atoms with Gasteiger partial charge in [-0.1, -0.05) is 0 Å². The molecular weight excluding hydrogens is 410 g/mol. The standard InChI is InChI=1S/C24H22F2N6/c1-14-9-21(31-13-17-11-18(31)12-30(17)2)28-24-22(14)29-23(19-4-3-15(25)10-20(19)26)32(24)16-5-7-27-8-6-16/h3-10,17-18H,11-13H2,1-2H3/t17-,18-/m1/s1. The van der Waals surface area contributed by atoms with Gasteiger partial charge in [-0.3, -0.25) is 14.5 Å². The average molecular weight is 432 g/mol. The van der Waals surface area contributed by atoms with Crippen LogP contribution in [0.3, 0.4) is 0 Å². The second kappa shape index (κ2) is 7.06. The molecule has 0 radical (unpaired) electrons. The van der Waals surface area contributed by atoms with Crippen molar-refractivity contribution in [2.75, 3.05) is 25.0 Å². The third-order valence-corrected chi connectivity index (χ3v) is 6.69. The van der Waals surface area contributed by atoms with E-state index in [4.69, 9.17) is 9.97 Å². The predicted octanol–water partition coefficient (Wildman–Crippen LogP) is 3.96. The molecule has 2 atom stereocenters. The average Bonchev–Trinajstić information content (AvgIpc) is 3.46. The van der Waals surface area contributed by atoms with Crippen LogP contribution in [-0.2, 0) is 0 Å². The van der Waals surface area contributed by atoms with Crippen molar-refractivity contribution in [3.8, 4) is 17.1 Å². The molecule has 1 aromatic carbocycles. The van der Waals surface area contributed by atoms with Gasteiger partial charge in [0.05, 0.1) is 11.3 Å². The molecule has 4 aromatic rings. The number of imidazole rings is 1. The smallest absolute Gasteiger partial charge is 0.167 e. The minimum atomic E-state index is -0.659. The lowest BCUT2D eigenvalue weighted by molar-refractivity contribution is 0.292. The first-order chi connectivity index (χ1) is 15.5. The molecule has 0 unspecified atom stereocenters. The SMILES string of the molecule is Cc1cc(N2C[C@H]3C[C@@H]2CN3C)nc2c1nc(-c1ccc(F)cc1F)n2-c1ccncc1. The molecule has 162 valence electrons. The summed E-state index contributed by atoms with van der Waals surface area (Å²) in [5.74, 6) is 0.0212. The number of hydrogen-bond acceptors (Lipinski definition) is 5. The maximum atomic E-state index is 14.8. The summed E-state index contributed by atoms with van der Waals surface area (Å²) in [7, 11) is 2.17. The van der Waals surface area contributed by atoms with Crippen LogP contribution in [0.2, 0.25) is 0 Å². The second-order valence-electron chi connectivity index (χ2n) is 8.71. The number of hydrogen-bond donors (Lipinski definition) is 0. The zero-order valence-electron chi connectivity index (χ0n) is 17.8. The van der Waals surface area contributed by atoms with E-state index in [9.17, 15) is 8.78 Å². The van der Waals surface area contributed by atoms with Crippen LogP contribution in [0.15, 0.2) is 48.8 Å². The summed E-state index contributed by atoms with van der Waals surface area (Å²) in [5.41, 5.74) is 3.32. The molecule has 0 spiro atoms. The number of aryl methyl sites for hydroxylation is 1. The third kappa shape index (κ3) is 2.90. The van der Waals surface area contributed by atoms with Crippen molar-refractivity contribution in [1.82, 2.24) is 24.4 Å². The summed E-state index contributed by atoms with van der Waals surface area (Å²) >= 11 is 0. The Morgan fingerprint density at radius 2 is 1.78 bits per heavy atom. The zero-order valence-corrected chi connectivity index (χ0v) is 17.8. The number of likely N-dealkylation sites (tertiary alicyclic amines) is 1. The molecule has 5 heterocycles. The van der Waals surface area contributed by atoms with E-state index >= 15 is 0 Å². The molecule has 2 fully saturated rings. The van der Waals surface area contributed by atoms with Gasteiger partial charge in [0.15, 0.2) is 5.65 Å². The van der Waals surface area contributed by atoms with Gasteiger partial charge >= 0.3 is 0 Å². The second-order valence-corrected chi connectivity index (χ2v) is 8.71. The highest BCUT2D eigenvalue weighted by Crippen LogP contribution is 2.36. The van der Waals surface area contributed by atoms with Gasteiger partial charge in [-0.2, -0.15) is 0 Å². The lowest BCUT2D eigenvalue weighted by atomic mass is 10.2. The van der Waals surface area contributed by atoms with Crippen LogP contribution < -0.4 is 4.90 Å². The van der Waals surface area contributed by atoms with Gasteiger partial charge in [0, 0.05) is 43.6 Å². The van der Waals surface area contributed by atoms with E-state index in [1.807, 2.05) is 23.6 Å². The van der Waals surface area contributed by atoms with Gasteiger partial charge in [-0.05, 0) is 56.3 Å². The van der Waals surface area contributed by atoms with Crippen molar-refractivity contribution in [1.29, 1.82) is 0 Å². The summed E-state index contributed by atoms with van der Waals surface area (Å²) in [4.78, 5) is 18.7. The van der Waals surface area contributed by atoms with Crippen molar-refractivity contribution in [2.45, 2.75) is 25.4 Å². The minimum absolute atomic E-state index is 0.226. The van der Waals surface area contributed by atoms with E-state index in [-0.39, 0.29) is 5.56 Å². The monoisotopic (exact) mass is 432 g/mol. The number of halogens is 2. The molecule has 3 aromatic heterocycles. The Hall–Kier alpha value is -3.39. The van der Waals surface area contributed by atoms with E-state index in [2.05, 4.69) is 27.9 Å². The number of rotatable bonds is 3. The fraction of sp³-hybridized carbons (Fsp3) is 0.292. The number of likely N-dealkylation sites (N-methyl/N-ethyl adjacent to an activating group) is 1. The number of pyridine rings is 2. The number of nitrogens with zero attached hydrogens (tertiary/aromatic N) is 6. The van der Waals surface area contributed by atoms with E-state index < -0.39 is 11.6 Å². The molecule has 2 bridgehead atoms. The first kappa shape index (κ1) is 19.3. The number of piperazine rings is 1. The Balaban J connectivity index is 1.58. The van der Waals surface area contributed by atoms with Crippen LogP contribution >= 0.6 is 0 Å². The molecular formula is C24H22F2N6. The van der Waals surface area contributed by atoms with Crippen molar-refractivity contribution in [2.24, 2.45) is 0 Å². The summed E-state index contributed by atoms with van der Waals surface area (Å²) in [5, 5.41) is 0. The van der Waals surface area contributed by atoms with Crippen molar-refractivity contribution in [3.63, 3.8) is 0 Å². The van der Waals surface area contributed by atoms with Gasteiger partial charge in [-0.15, -0.1) is 0 Å². The molecule has 0 saturated carbocycles. The fourth-order valence-electron chi connectivity index (χ4n) is 5.07. The number of fused-ring (bicyclic) bond motifs is 3. The van der Waals surface area contributed by atoms with Crippen LogP contribution in [0.5, 0.6) is 0 Å². The van der Waals surface area contributed by atoms with E-state index in [1.165, 1.54) is 12.1 Å². The number of benzene rings is 1. The Labute approximate surface area is 184 Å². The van der Waals surface area contributed by atoms with Crippen LogP contribution in [0.1, 0.15) is 12.0 Å². The molecule has 2 aliphatic heterocycles. The largest absolute Gasteiger partial charge is 0.351 e. The molecule has 0 amide bonds. The van der Waals surface area contributed by atoms with Gasteiger partial charge in [-0.25, -0.2) is 18.7 Å². The van der Waals surface area contributed by atoms with Gasteiger partial charge < -0.3 is 4.90 Å². The molecule has 0 N–H and O–H groups in total. The number of anilines is 1. The van der Waals surface area contributed by atoms with E-state index in [0.717, 1.165) is 42.6 Å². The van der Waals surface area contributed by atoms with Crippen molar-refractivity contribution in [3.05, 3.63) is 66.0 Å². The highest BCUT2D eigenvalue weighted by Gasteiger charge is 2.42. The van der Waals surface area contributed by atoms with Crippen molar-refractivity contribution >= 4 is 17.0 Å². The first-order valence-corrected chi connectivity index (χ1v) is 10.7. The van der Waals surface area contributed by atoms with E-state index in [0.29, 0.717) is 29.1 Å². The molecule has 2 aliphatic rings. The highest BCUT2D eigenvalue weighted by atomic mass is 19.1. The Morgan fingerprint density at radius 3 is 2.47 bits per heavy atom.